The third-order valence-corrected chi connectivity index (χ3v) is 4.76. The fourth-order valence-corrected chi connectivity index (χ4v) is 3.44. The largest absolute Gasteiger partial charge is 0.399 e. The monoisotopic (exact) mass is 298 g/mol. The van der Waals surface area contributed by atoms with Crippen molar-refractivity contribution < 1.29 is 8.42 Å². The van der Waals surface area contributed by atoms with Crippen molar-refractivity contribution in [2.75, 3.05) is 43.9 Å². The van der Waals surface area contributed by atoms with Crippen LogP contribution < -0.4 is 15.8 Å². The summed E-state index contributed by atoms with van der Waals surface area (Å²) in [6, 6.07) is 3.26. The Balaban J connectivity index is 2.44. The number of nitrogens with zero attached hydrogens (tertiary/aromatic N) is 2. The van der Waals surface area contributed by atoms with Crippen LogP contribution in [0.3, 0.4) is 0 Å². The zero-order valence-corrected chi connectivity index (χ0v) is 12.8. The van der Waals surface area contributed by atoms with Crippen molar-refractivity contribution in [2.45, 2.75) is 18.2 Å². The van der Waals surface area contributed by atoms with Crippen LogP contribution in [0, 0.1) is 6.92 Å². The van der Waals surface area contributed by atoms with E-state index in [1.807, 2.05) is 6.07 Å². The summed E-state index contributed by atoms with van der Waals surface area (Å²) in [7, 11) is -1.67. The van der Waals surface area contributed by atoms with Gasteiger partial charge in [0.25, 0.3) is 0 Å². The number of nitrogen functional groups attached to an aromatic ring is 1. The molecule has 7 heteroatoms. The van der Waals surface area contributed by atoms with E-state index in [4.69, 9.17) is 10.9 Å². The second kappa shape index (κ2) is 5.59. The van der Waals surface area contributed by atoms with Gasteiger partial charge in [0.1, 0.15) is 0 Å². The number of primary sulfonamides is 1. The molecule has 20 heavy (non-hydrogen) atoms. The summed E-state index contributed by atoms with van der Waals surface area (Å²) in [4.78, 5) is 4.57. The highest BCUT2D eigenvalue weighted by Gasteiger charge is 2.20. The van der Waals surface area contributed by atoms with Crippen LogP contribution in [0.15, 0.2) is 17.0 Å². The Bertz CT molecular complexity index is 601. The van der Waals surface area contributed by atoms with E-state index in [1.165, 1.54) is 6.07 Å². The molecule has 0 saturated carbocycles. The molecule has 0 aliphatic carbocycles. The molecule has 2 rings (SSSR count). The molecule has 0 spiro atoms. The molecule has 1 heterocycles. The van der Waals surface area contributed by atoms with Gasteiger partial charge in [-0.3, -0.25) is 0 Å². The Hall–Kier alpha value is -1.31. The van der Waals surface area contributed by atoms with Gasteiger partial charge < -0.3 is 15.5 Å². The normalized spacial score (nSPS) is 18.1. The Labute approximate surface area is 120 Å². The molecule has 1 aliphatic heterocycles. The topological polar surface area (TPSA) is 92.7 Å². The summed E-state index contributed by atoms with van der Waals surface area (Å²) < 4.78 is 23.3. The summed E-state index contributed by atoms with van der Waals surface area (Å²) >= 11 is 0. The van der Waals surface area contributed by atoms with E-state index in [9.17, 15) is 8.42 Å². The molecular formula is C13H22N4O2S. The highest BCUT2D eigenvalue weighted by Crippen LogP contribution is 2.29. The van der Waals surface area contributed by atoms with Crippen LogP contribution in [0.1, 0.15) is 12.0 Å². The van der Waals surface area contributed by atoms with Crippen molar-refractivity contribution in [1.82, 2.24) is 4.90 Å². The highest BCUT2D eigenvalue weighted by molar-refractivity contribution is 7.89. The highest BCUT2D eigenvalue weighted by atomic mass is 32.2. The van der Waals surface area contributed by atoms with Crippen LogP contribution >= 0.6 is 0 Å². The minimum absolute atomic E-state index is 0.116. The summed E-state index contributed by atoms with van der Waals surface area (Å²) in [5.41, 5.74) is 7.80. The van der Waals surface area contributed by atoms with E-state index >= 15 is 0 Å². The van der Waals surface area contributed by atoms with Gasteiger partial charge in [0.2, 0.25) is 10.0 Å². The Kier molecular flexibility index (Phi) is 4.22. The lowest BCUT2D eigenvalue weighted by atomic mass is 10.1. The van der Waals surface area contributed by atoms with Crippen LogP contribution in [-0.4, -0.2) is 46.5 Å². The number of hydrogen-bond acceptors (Lipinski definition) is 5. The lowest BCUT2D eigenvalue weighted by Crippen LogP contribution is -2.30. The maximum atomic E-state index is 11.7. The zero-order valence-electron chi connectivity index (χ0n) is 12.0. The predicted molar refractivity (Wildman–Crippen MR) is 81.3 cm³/mol. The first-order chi connectivity index (χ1) is 9.29. The van der Waals surface area contributed by atoms with Crippen LogP contribution in [0.4, 0.5) is 11.4 Å². The average Bonchev–Trinajstić information content (AvgIpc) is 2.55. The maximum Gasteiger partial charge on any atom is 0.238 e. The number of nitrogens with two attached hydrogens (primary N) is 2. The van der Waals surface area contributed by atoms with Crippen LogP contribution in [-0.2, 0) is 10.0 Å². The molecule has 1 aromatic rings. The van der Waals surface area contributed by atoms with Crippen molar-refractivity contribution in [2.24, 2.45) is 5.14 Å². The molecule has 4 N–H and O–H groups in total. The van der Waals surface area contributed by atoms with Crippen LogP contribution in [0.25, 0.3) is 0 Å². The average molecular weight is 298 g/mol. The summed E-state index contributed by atoms with van der Waals surface area (Å²) in [5, 5.41) is 5.27. The van der Waals surface area contributed by atoms with Gasteiger partial charge in [-0.2, -0.15) is 0 Å². The summed E-state index contributed by atoms with van der Waals surface area (Å²) in [6.07, 6.45) is 1.04. The Morgan fingerprint density at radius 1 is 1.15 bits per heavy atom. The molecule has 1 fully saturated rings. The van der Waals surface area contributed by atoms with Gasteiger partial charge in [-0.1, -0.05) is 0 Å². The minimum atomic E-state index is -3.75. The van der Waals surface area contributed by atoms with Crippen molar-refractivity contribution in [3.05, 3.63) is 17.7 Å². The van der Waals surface area contributed by atoms with E-state index in [0.717, 1.165) is 38.3 Å². The maximum absolute atomic E-state index is 11.7. The van der Waals surface area contributed by atoms with Crippen molar-refractivity contribution >= 4 is 21.4 Å². The SMILES string of the molecule is Cc1c(N2CCCN(C)CC2)cc(N)cc1S(N)(=O)=O. The fourth-order valence-electron chi connectivity index (χ4n) is 2.61. The first-order valence-corrected chi connectivity index (χ1v) is 8.20. The molecule has 1 saturated heterocycles. The fraction of sp³-hybridized carbons (Fsp3) is 0.538. The number of hydrogen-bond donors (Lipinski definition) is 2. The number of anilines is 2. The van der Waals surface area contributed by atoms with Crippen LogP contribution in [0.5, 0.6) is 0 Å². The number of sulfonamides is 1. The molecule has 0 radical (unpaired) electrons. The van der Waals surface area contributed by atoms with E-state index in [1.54, 1.807) is 6.92 Å². The Morgan fingerprint density at radius 3 is 2.50 bits per heavy atom. The molecule has 0 bridgehead atoms. The van der Waals surface area contributed by atoms with Crippen molar-refractivity contribution in [3.8, 4) is 0 Å². The van der Waals surface area contributed by atoms with E-state index in [-0.39, 0.29) is 4.90 Å². The summed E-state index contributed by atoms with van der Waals surface area (Å²) in [5.74, 6) is 0. The van der Waals surface area contributed by atoms with Gasteiger partial charge >= 0.3 is 0 Å². The predicted octanol–water partition coefficient (Wildman–Crippen LogP) is 0.367. The number of benzene rings is 1. The molecular weight excluding hydrogens is 276 g/mol. The third kappa shape index (κ3) is 3.23. The van der Waals surface area contributed by atoms with Gasteiger partial charge in [-0.15, -0.1) is 0 Å². The molecule has 6 nitrogen and oxygen atoms in total. The van der Waals surface area contributed by atoms with Crippen molar-refractivity contribution in [3.63, 3.8) is 0 Å². The van der Waals surface area contributed by atoms with E-state index in [2.05, 4.69) is 16.8 Å². The lowest BCUT2D eigenvalue weighted by molar-refractivity contribution is 0.360. The first kappa shape index (κ1) is 15.1. The van der Waals surface area contributed by atoms with Gasteiger partial charge in [0, 0.05) is 31.0 Å². The zero-order chi connectivity index (χ0) is 14.9. The van der Waals surface area contributed by atoms with Gasteiger partial charge in [-0.25, -0.2) is 13.6 Å². The smallest absolute Gasteiger partial charge is 0.238 e. The Morgan fingerprint density at radius 2 is 1.85 bits per heavy atom. The standard InChI is InChI=1S/C13H22N4O2S/c1-10-12(17-5-3-4-16(2)6-7-17)8-11(14)9-13(10)20(15,18)19/h8-9H,3-7,14H2,1-2H3,(H2,15,18,19). The minimum Gasteiger partial charge on any atom is -0.399 e. The lowest BCUT2D eigenvalue weighted by Gasteiger charge is -2.26. The van der Waals surface area contributed by atoms with E-state index in [0.29, 0.717) is 11.3 Å². The number of rotatable bonds is 2. The molecule has 1 aromatic carbocycles. The van der Waals surface area contributed by atoms with Crippen molar-refractivity contribution in [1.29, 1.82) is 0 Å². The molecule has 0 amide bonds. The second-order valence-electron chi connectivity index (χ2n) is 5.35. The van der Waals surface area contributed by atoms with Gasteiger partial charge in [0.15, 0.2) is 0 Å². The summed E-state index contributed by atoms with van der Waals surface area (Å²) in [6.45, 7) is 5.51. The molecule has 0 aromatic heterocycles. The van der Waals surface area contributed by atoms with Gasteiger partial charge in [-0.05, 0) is 44.6 Å². The van der Waals surface area contributed by atoms with Gasteiger partial charge in [0.05, 0.1) is 4.90 Å². The van der Waals surface area contributed by atoms with Crippen LogP contribution in [0.2, 0.25) is 0 Å². The second-order valence-corrected chi connectivity index (χ2v) is 6.88. The van der Waals surface area contributed by atoms with E-state index < -0.39 is 10.0 Å². The molecule has 0 atom stereocenters. The third-order valence-electron chi connectivity index (χ3n) is 3.72. The molecule has 112 valence electrons. The molecule has 0 unspecified atom stereocenters. The molecule has 1 aliphatic rings. The number of likely N-dealkylation sites (N-methyl/N-ethyl adjacent to an activating group) is 1. The quantitative estimate of drug-likeness (QED) is 0.769. The first-order valence-electron chi connectivity index (χ1n) is 6.65.